The molecule has 12 heavy (non-hydrogen) atoms. The summed E-state index contributed by atoms with van der Waals surface area (Å²) in [5.41, 5.74) is 2.45. The predicted molar refractivity (Wildman–Crippen MR) is 46.5 cm³/mol. The highest BCUT2D eigenvalue weighted by atomic mass is 19.1. The molecule has 0 aliphatic rings. The van der Waals surface area contributed by atoms with Crippen LogP contribution in [0.5, 0.6) is 0 Å². The van der Waals surface area contributed by atoms with Gasteiger partial charge in [-0.3, -0.25) is 0 Å². The van der Waals surface area contributed by atoms with Gasteiger partial charge in [0, 0.05) is 0 Å². The molecule has 1 N–H and O–H groups in total. The highest BCUT2D eigenvalue weighted by molar-refractivity contribution is 5.35. The second kappa shape index (κ2) is 3.23. The van der Waals surface area contributed by atoms with Gasteiger partial charge in [0.15, 0.2) is 0 Å². The largest absolute Gasteiger partial charge is 0.389 e. The zero-order valence-corrected chi connectivity index (χ0v) is 7.56. The Morgan fingerprint density at radius 3 is 2.00 bits per heavy atom. The summed E-state index contributed by atoms with van der Waals surface area (Å²) in [5.74, 6) is -0.241. The molecule has 0 radical (unpaired) electrons. The van der Waals surface area contributed by atoms with E-state index in [-0.39, 0.29) is 5.82 Å². The molecule has 66 valence electrons. The molecule has 1 aromatic rings. The summed E-state index contributed by atoms with van der Waals surface area (Å²) in [6.07, 6.45) is -0.523. The Labute approximate surface area is 71.9 Å². The first-order valence-corrected chi connectivity index (χ1v) is 3.97. The van der Waals surface area contributed by atoms with Gasteiger partial charge in [-0.1, -0.05) is 0 Å². The molecular formula is C10H13FO. The van der Waals surface area contributed by atoms with E-state index in [2.05, 4.69) is 0 Å². The average molecular weight is 168 g/mol. The third-order valence-electron chi connectivity index (χ3n) is 1.98. The molecule has 0 saturated heterocycles. The topological polar surface area (TPSA) is 20.2 Å². The zero-order valence-electron chi connectivity index (χ0n) is 7.56. The Kier molecular flexibility index (Phi) is 2.48. The van der Waals surface area contributed by atoms with Crippen molar-refractivity contribution in [2.45, 2.75) is 26.9 Å². The van der Waals surface area contributed by atoms with Crippen molar-refractivity contribution in [1.82, 2.24) is 0 Å². The molecule has 0 heterocycles. The van der Waals surface area contributed by atoms with Crippen LogP contribution in [-0.2, 0) is 0 Å². The van der Waals surface area contributed by atoms with E-state index in [1.165, 1.54) is 12.1 Å². The lowest BCUT2D eigenvalue weighted by molar-refractivity contribution is 0.197. The van der Waals surface area contributed by atoms with Gasteiger partial charge >= 0.3 is 0 Å². The van der Waals surface area contributed by atoms with E-state index < -0.39 is 6.10 Å². The minimum absolute atomic E-state index is 0.241. The highest BCUT2D eigenvalue weighted by Gasteiger charge is 2.09. The number of hydrogen-bond donors (Lipinski definition) is 1. The maximum Gasteiger partial charge on any atom is 0.123 e. The molecule has 0 amide bonds. The monoisotopic (exact) mass is 168 g/mol. The molecule has 1 aromatic carbocycles. The van der Waals surface area contributed by atoms with E-state index in [1.807, 2.05) is 0 Å². The smallest absolute Gasteiger partial charge is 0.123 e. The third kappa shape index (κ3) is 1.64. The molecule has 1 nitrogen and oxygen atoms in total. The zero-order chi connectivity index (χ0) is 9.30. The average Bonchev–Trinajstić information content (AvgIpc) is 1.82. The van der Waals surface area contributed by atoms with E-state index in [4.69, 9.17) is 0 Å². The Morgan fingerprint density at radius 2 is 1.67 bits per heavy atom. The summed E-state index contributed by atoms with van der Waals surface area (Å²) >= 11 is 0. The quantitative estimate of drug-likeness (QED) is 0.683. The maximum atomic E-state index is 12.8. The van der Waals surface area contributed by atoms with Crippen molar-refractivity contribution in [3.63, 3.8) is 0 Å². The first-order valence-electron chi connectivity index (χ1n) is 3.97. The minimum atomic E-state index is -0.523. The summed E-state index contributed by atoms with van der Waals surface area (Å²) in [6.45, 7) is 5.30. The van der Waals surface area contributed by atoms with Gasteiger partial charge < -0.3 is 5.11 Å². The molecule has 1 atom stereocenters. The Balaban J connectivity index is 3.28. The van der Waals surface area contributed by atoms with Gasteiger partial charge in [0.2, 0.25) is 0 Å². The number of benzene rings is 1. The van der Waals surface area contributed by atoms with Crippen molar-refractivity contribution in [2.75, 3.05) is 0 Å². The van der Waals surface area contributed by atoms with Gasteiger partial charge in [-0.15, -0.1) is 0 Å². The van der Waals surface area contributed by atoms with Crippen LogP contribution >= 0.6 is 0 Å². The molecule has 0 bridgehead atoms. The molecule has 1 rings (SSSR count). The molecule has 0 aliphatic carbocycles. The molecule has 0 unspecified atom stereocenters. The van der Waals surface area contributed by atoms with Crippen LogP contribution in [0.3, 0.4) is 0 Å². The number of rotatable bonds is 1. The van der Waals surface area contributed by atoms with Gasteiger partial charge in [-0.05, 0) is 49.6 Å². The molecule has 0 aromatic heterocycles. The lowest BCUT2D eigenvalue weighted by atomic mass is 9.99. The van der Waals surface area contributed by atoms with Gasteiger partial charge in [0.25, 0.3) is 0 Å². The fourth-order valence-corrected chi connectivity index (χ4v) is 1.58. The number of aliphatic hydroxyl groups excluding tert-OH is 1. The summed E-state index contributed by atoms with van der Waals surface area (Å²) in [4.78, 5) is 0. The number of hydrogen-bond acceptors (Lipinski definition) is 1. The van der Waals surface area contributed by atoms with Crippen LogP contribution in [-0.4, -0.2) is 5.11 Å². The summed E-state index contributed by atoms with van der Waals surface area (Å²) in [7, 11) is 0. The summed E-state index contributed by atoms with van der Waals surface area (Å²) < 4.78 is 12.8. The Hall–Kier alpha value is -0.890. The van der Waals surface area contributed by atoms with Crippen LogP contribution in [0.2, 0.25) is 0 Å². The van der Waals surface area contributed by atoms with E-state index in [0.29, 0.717) is 0 Å². The van der Waals surface area contributed by atoms with E-state index in [0.717, 1.165) is 16.7 Å². The number of aliphatic hydroxyl groups is 1. The first kappa shape index (κ1) is 9.20. The minimum Gasteiger partial charge on any atom is -0.389 e. The SMILES string of the molecule is Cc1cc(F)cc(C)c1[C@@H](C)O. The lowest BCUT2D eigenvalue weighted by Gasteiger charge is -2.12. The van der Waals surface area contributed by atoms with Crippen molar-refractivity contribution in [3.8, 4) is 0 Å². The van der Waals surface area contributed by atoms with Crippen LogP contribution in [0.15, 0.2) is 12.1 Å². The van der Waals surface area contributed by atoms with E-state index in [1.54, 1.807) is 20.8 Å². The highest BCUT2D eigenvalue weighted by Crippen LogP contribution is 2.22. The van der Waals surface area contributed by atoms with Crippen LogP contribution in [0.1, 0.15) is 29.7 Å². The lowest BCUT2D eigenvalue weighted by Crippen LogP contribution is -1.99. The fraction of sp³-hybridized carbons (Fsp3) is 0.400. The first-order chi connectivity index (χ1) is 5.52. The fourth-order valence-electron chi connectivity index (χ4n) is 1.58. The normalized spacial score (nSPS) is 13.1. The predicted octanol–water partition coefficient (Wildman–Crippen LogP) is 2.50. The summed E-state index contributed by atoms with van der Waals surface area (Å²) in [5, 5.41) is 9.35. The van der Waals surface area contributed by atoms with Gasteiger partial charge in [-0.2, -0.15) is 0 Å². The van der Waals surface area contributed by atoms with Crippen LogP contribution < -0.4 is 0 Å². The molecule has 0 aliphatic heterocycles. The molecular weight excluding hydrogens is 155 g/mol. The van der Waals surface area contributed by atoms with Crippen LogP contribution in [0, 0.1) is 19.7 Å². The van der Waals surface area contributed by atoms with Gasteiger partial charge in [0.05, 0.1) is 6.10 Å². The van der Waals surface area contributed by atoms with Gasteiger partial charge in [-0.25, -0.2) is 4.39 Å². The van der Waals surface area contributed by atoms with Crippen molar-refractivity contribution < 1.29 is 9.50 Å². The number of halogens is 1. The van der Waals surface area contributed by atoms with E-state index >= 15 is 0 Å². The molecule has 0 fully saturated rings. The van der Waals surface area contributed by atoms with Crippen molar-refractivity contribution in [2.24, 2.45) is 0 Å². The molecule has 2 heteroatoms. The van der Waals surface area contributed by atoms with Crippen molar-refractivity contribution in [1.29, 1.82) is 0 Å². The Bertz CT molecular complexity index is 269. The number of aryl methyl sites for hydroxylation is 2. The van der Waals surface area contributed by atoms with E-state index in [9.17, 15) is 9.50 Å². The van der Waals surface area contributed by atoms with Crippen molar-refractivity contribution >= 4 is 0 Å². The summed E-state index contributed by atoms with van der Waals surface area (Å²) in [6, 6.07) is 2.88. The van der Waals surface area contributed by atoms with Crippen molar-refractivity contribution in [3.05, 3.63) is 34.6 Å². The maximum absolute atomic E-state index is 12.8. The Morgan fingerprint density at radius 1 is 1.25 bits per heavy atom. The standard InChI is InChI=1S/C10H13FO/c1-6-4-9(11)5-7(2)10(6)8(3)12/h4-5,8,12H,1-3H3/t8-/m1/s1. The second-order valence-electron chi connectivity index (χ2n) is 3.13. The van der Waals surface area contributed by atoms with Crippen LogP contribution in [0.4, 0.5) is 4.39 Å². The second-order valence-corrected chi connectivity index (χ2v) is 3.13. The van der Waals surface area contributed by atoms with Crippen LogP contribution in [0.25, 0.3) is 0 Å². The molecule has 0 saturated carbocycles. The third-order valence-corrected chi connectivity index (χ3v) is 1.98. The molecule has 0 spiro atoms. The van der Waals surface area contributed by atoms with Gasteiger partial charge in [0.1, 0.15) is 5.82 Å².